The molecule has 15 aromatic rings. The Morgan fingerprint density at radius 3 is 0.993 bits per heavy atom. The van der Waals surface area contributed by atoms with Crippen molar-refractivity contribution in [2.24, 2.45) is 5.92 Å². The van der Waals surface area contributed by atoms with Crippen molar-refractivity contribution in [2.45, 2.75) is 149 Å². The number of hydrogen-bond acceptors (Lipinski definition) is 19. The first-order valence-electron chi connectivity index (χ1n) is 44.7. The van der Waals surface area contributed by atoms with E-state index in [4.69, 9.17) is 26.5 Å². The number of nitrogens with zero attached hydrogens (tertiary/aromatic N) is 18. The lowest BCUT2D eigenvalue weighted by molar-refractivity contribution is 0.0684. The number of likely N-dealkylation sites (N-methyl/N-ethyl adjacent to an activating group) is 1. The number of fused-ring (bicyclic) bond motifs is 5. The molecule has 0 saturated carbocycles. The smallest absolute Gasteiger partial charge is 0.336 e. The Hall–Kier alpha value is -13.6. The molecule has 0 amide bonds. The number of hydrogen-bond donors (Lipinski definition) is 5. The molecule has 0 bridgehead atoms. The summed E-state index contributed by atoms with van der Waals surface area (Å²) in [5.41, 5.74) is 11.8. The Morgan fingerprint density at radius 2 is 0.672 bits per heavy atom. The fraction of sp³-hybridized carbons (Fsp3) is 0.350. The average Bonchev–Trinajstić information content (AvgIpc) is 1.66. The van der Waals surface area contributed by atoms with Crippen molar-refractivity contribution in [1.82, 2.24) is 88.5 Å². The fourth-order valence-electron chi connectivity index (χ4n) is 16.2. The highest BCUT2D eigenvalue weighted by Gasteiger charge is 2.25. The largest absolute Gasteiger partial charge is 0.478 e. The quantitative estimate of drug-likeness (QED) is 0.0178. The maximum atomic E-state index is 13.9. The first-order chi connectivity index (χ1) is 64.6. The molecule has 0 spiro atoms. The summed E-state index contributed by atoms with van der Waals surface area (Å²) in [6.45, 7) is 13.2. The highest BCUT2D eigenvalue weighted by atomic mass is 35.5. The number of benzene rings is 5. The Bertz CT molecular complexity index is 6570. The second kappa shape index (κ2) is 48.2. The molecule has 5 N–H and O–H groups in total. The molecule has 0 aliphatic carbocycles. The van der Waals surface area contributed by atoms with E-state index in [0.29, 0.717) is 124 Å². The van der Waals surface area contributed by atoms with Crippen molar-refractivity contribution < 1.29 is 71.8 Å². The van der Waals surface area contributed by atoms with Crippen LogP contribution in [0.15, 0.2) is 183 Å². The average molecular weight is 1850 g/mol. The number of carboxylic acid groups (broad SMARTS) is 5. The van der Waals surface area contributed by atoms with Crippen molar-refractivity contribution in [1.29, 1.82) is 0 Å². The van der Waals surface area contributed by atoms with Crippen LogP contribution in [0.2, 0.25) is 5.02 Å². The number of likely N-dealkylation sites (tertiary alicyclic amines) is 1. The van der Waals surface area contributed by atoms with Gasteiger partial charge in [0.2, 0.25) is 0 Å². The van der Waals surface area contributed by atoms with E-state index in [2.05, 4.69) is 75.8 Å². The summed E-state index contributed by atoms with van der Waals surface area (Å²) >= 11 is 6.19. The molecule has 34 heteroatoms. The van der Waals surface area contributed by atoms with E-state index in [9.17, 15) is 67.1 Å². The number of rotatable bonds is 37. The number of unbranched alkanes of at least 4 members (excludes halogenated alkanes) is 5. The van der Waals surface area contributed by atoms with Gasteiger partial charge in [0, 0.05) is 159 Å². The van der Waals surface area contributed by atoms with Crippen LogP contribution in [0.25, 0.3) is 54.5 Å². The lowest BCUT2D eigenvalue weighted by atomic mass is 9.94. The predicted molar refractivity (Wildman–Crippen MR) is 505 cm³/mol. The summed E-state index contributed by atoms with van der Waals surface area (Å²) in [4.78, 5) is 84.0. The minimum absolute atomic E-state index is 0.190. The van der Waals surface area contributed by atoms with Crippen molar-refractivity contribution in [3.05, 3.63) is 296 Å². The Balaban J connectivity index is 0.000000151. The van der Waals surface area contributed by atoms with E-state index in [0.717, 1.165) is 153 Å². The van der Waals surface area contributed by atoms with Gasteiger partial charge in [-0.2, -0.15) is 25.5 Å². The van der Waals surface area contributed by atoms with E-state index in [1.54, 1.807) is 36.7 Å². The minimum atomic E-state index is -1.01. The molecule has 10 aromatic heterocycles. The molecule has 5 aromatic carbocycles. The van der Waals surface area contributed by atoms with Crippen LogP contribution in [0.5, 0.6) is 0 Å². The van der Waals surface area contributed by atoms with E-state index in [1.807, 2.05) is 69.8 Å². The summed E-state index contributed by atoms with van der Waals surface area (Å²) in [6.07, 6.45) is 28.5. The minimum Gasteiger partial charge on any atom is -0.478 e. The fourth-order valence-corrected chi connectivity index (χ4v) is 16.4. The molecule has 29 nitrogen and oxygen atoms in total. The zero-order valence-electron chi connectivity index (χ0n) is 76.1. The molecule has 1 aliphatic rings. The molecule has 1 fully saturated rings. The van der Waals surface area contributed by atoms with Gasteiger partial charge in [0.1, 0.15) is 23.3 Å². The number of carbonyl (C=O) groups is 5. The van der Waals surface area contributed by atoms with Crippen LogP contribution in [0.4, 0.5) is 17.6 Å². The van der Waals surface area contributed by atoms with Gasteiger partial charge in [-0.05, 0) is 255 Å². The summed E-state index contributed by atoms with van der Waals surface area (Å²) in [5, 5.41) is 74.6. The standard InChI is InChI=1S/C22H25FN4O2.C20H23ClN4O3.C20H23FN4O2.C20H22FN3O2.C18H18FN3O2/c1-26-9-5-15(6-10-26)7-11-27-21-3-2-17(23)13-19(21)20(25-27)12-16-14-24-8-4-18(16)22(28)29;1-24(2)7-9-28-10-8-25-19-4-3-15(21)12-17(19)18(23-25)11-14-13-22-6-5-16(14)20(26)27;1-24(2)9-3-4-10-25-19-6-5-15(21)12-17(19)18(23-25)11-14-13-22-8-7-16(14)20(26)27;1-2-3-4-5-10-24-19-7-6-15(21)12-17(19)18(23-24)11-14-13-22-9-8-16(14)20(25)26;1-2-3-8-22-17-5-4-13(19)10-15(17)16(21-22)9-12-11-20-7-6-14(12)18(23)24/h2-4,8,13-15H,5-7,9-12H2,1H3,(H,28,29);3-6,12-13H,7-11H2,1-2H3,(H,26,27);5-8,12-13H,3-4,9-11H2,1-2H3,(H,26,27);6-9,12-13H,2-5,10-11H2,1H3,(H,25,26);4-7,10-11H,2-3,8-9H2,1H3,(H,23,24). The molecule has 0 radical (unpaired) electrons. The molecule has 11 heterocycles. The van der Waals surface area contributed by atoms with Gasteiger partial charge < -0.3 is 45.0 Å². The Labute approximate surface area is 777 Å². The van der Waals surface area contributed by atoms with E-state index in [1.165, 1.54) is 148 Å². The van der Waals surface area contributed by atoms with Crippen LogP contribution < -0.4 is 0 Å². The van der Waals surface area contributed by atoms with Crippen LogP contribution >= 0.6 is 11.6 Å². The maximum Gasteiger partial charge on any atom is 0.336 e. The molecule has 1 saturated heterocycles. The summed E-state index contributed by atoms with van der Waals surface area (Å²) in [5.74, 6) is -5.63. The van der Waals surface area contributed by atoms with Gasteiger partial charge in [0.15, 0.2) is 0 Å². The number of aryl methyl sites for hydroxylation is 4. The second-order valence-electron chi connectivity index (χ2n) is 33.6. The Kier molecular flexibility index (Phi) is 35.7. The zero-order valence-corrected chi connectivity index (χ0v) is 76.9. The second-order valence-corrected chi connectivity index (χ2v) is 34.0. The third kappa shape index (κ3) is 26.9. The summed E-state index contributed by atoms with van der Waals surface area (Å²) < 4.78 is 70.4. The summed E-state index contributed by atoms with van der Waals surface area (Å²) in [7, 11) is 10.2. The normalized spacial score (nSPS) is 12.3. The topological polar surface area (TPSA) is 359 Å². The van der Waals surface area contributed by atoms with Crippen molar-refractivity contribution in [3.8, 4) is 0 Å². The van der Waals surface area contributed by atoms with Gasteiger partial charge in [-0.1, -0.05) is 51.1 Å². The van der Waals surface area contributed by atoms with Crippen molar-refractivity contribution in [2.75, 3.05) is 74.6 Å². The maximum absolute atomic E-state index is 13.9. The highest BCUT2D eigenvalue weighted by molar-refractivity contribution is 6.31. The SMILES string of the molecule is CCCCCCn1nc(Cc2cnccc2C(=O)O)c2cc(F)ccc21.CCCCn1nc(Cc2cnccc2C(=O)O)c2cc(F)ccc21.CN(C)CCCCn1nc(Cc2cnccc2C(=O)O)c2cc(F)ccc21.CN(C)CCOCCn1nc(Cc2cnccc2C(=O)O)c2cc(Cl)ccc21.CN1CCC(CCn2nc(Cc3cnccc3C(=O)O)c3cc(F)ccc32)CC1. The molecule has 0 unspecified atom stereocenters. The predicted octanol–water partition coefficient (Wildman–Crippen LogP) is 17.8. The number of aromatic carboxylic acids is 5. The van der Waals surface area contributed by atoms with Crippen LogP contribution in [0, 0.1) is 29.2 Å². The van der Waals surface area contributed by atoms with E-state index < -0.39 is 29.8 Å². The number of carboxylic acids is 5. The van der Waals surface area contributed by atoms with Crippen LogP contribution in [0.1, 0.15) is 193 Å². The molecule has 702 valence electrons. The monoisotopic (exact) mass is 1850 g/mol. The van der Waals surface area contributed by atoms with Gasteiger partial charge in [-0.15, -0.1) is 0 Å². The molecule has 134 heavy (non-hydrogen) atoms. The lowest BCUT2D eigenvalue weighted by Gasteiger charge is -2.28. The van der Waals surface area contributed by atoms with Gasteiger partial charge >= 0.3 is 29.8 Å². The number of aromatic nitrogens is 15. The number of pyridine rings is 5. The number of piperidine rings is 1. The van der Waals surface area contributed by atoms with Gasteiger partial charge in [0.25, 0.3) is 0 Å². The van der Waals surface area contributed by atoms with Crippen LogP contribution in [-0.4, -0.2) is 219 Å². The van der Waals surface area contributed by atoms with E-state index >= 15 is 0 Å². The van der Waals surface area contributed by atoms with Crippen molar-refractivity contribution in [3.63, 3.8) is 0 Å². The molecule has 1 aliphatic heterocycles. The lowest BCUT2D eigenvalue weighted by Crippen LogP contribution is -2.30. The van der Waals surface area contributed by atoms with Crippen LogP contribution in [0.3, 0.4) is 0 Å². The Morgan fingerprint density at radius 1 is 0.373 bits per heavy atom. The first kappa shape index (κ1) is 99.4. The zero-order chi connectivity index (χ0) is 95.5. The van der Waals surface area contributed by atoms with Gasteiger partial charge in [-0.25, -0.2) is 41.5 Å². The van der Waals surface area contributed by atoms with Crippen molar-refractivity contribution >= 4 is 96.0 Å². The molecular formula is C100H111ClF4N18O11. The summed E-state index contributed by atoms with van der Waals surface area (Å²) in [6, 6.07) is 31.6. The first-order valence-corrected chi connectivity index (χ1v) is 45.1. The van der Waals surface area contributed by atoms with Gasteiger partial charge in [-0.3, -0.25) is 48.3 Å². The van der Waals surface area contributed by atoms with E-state index in [-0.39, 0.29) is 51.1 Å². The molecule has 16 rings (SSSR count). The number of ether oxygens (including phenoxy) is 1. The third-order valence-corrected chi connectivity index (χ3v) is 23.5. The molecule has 0 atom stereocenters. The third-order valence-electron chi connectivity index (χ3n) is 23.3. The highest BCUT2D eigenvalue weighted by Crippen LogP contribution is 2.32. The van der Waals surface area contributed by atoms with Crippen LogP contribution in [-0.2, 0) is 69.6 Å². The van der Waals surface area contributed by atoms with Gasteiger partial charge in [0.05, 0.1) is 104 Å². The molecular weight excluding hydrogens is 1740 g/mol. The number of halogens is 5.